The third-order valence-corrected chi connectivity index (χ3v) is 10.7. The van der Waals surface area contributed by atoms with Crippen LogP contribution in [-0.2, 0) is 65.4 Å². The van der Waals surface area contributed by atoms with Crippen LogP contribution < -0.4 is 5.32 Å². The lowest BCUT2D eigenvalue weighted by Gasteiger charge is -2.49. The van der Waals surface area contributed by atoms with Crippen LogP contribution >= 0.6 is 11.8 Å². The van der Waals surface area contributed by atoms with Crippen LogP contribution in [0.1, 0.15) is 32.3 Å². The average Bonchev–Trinajstić information content (AvgIpc) is 3.66. The summed E-state index contributed by atoms with van der Waals surface area (Å²) in [6, 6.07) is 6.96. The number of amides is 4. The van der Waals surface area contributed by atoms with E-state index in [1.165, 1.54) is 35.4 Å². The van der Waals surface area contributed by atoms with Gasteiger partial charge in [0.25, 0.3) is 0 Å². The quantitative estimate of drug-likeness (QED) is 0.0925. The van der Waals surface area contributed by atoms with E-state index >= 15 is 0 Å². The molecule has 6 atom stereocenters. The summed E-state index contributed by atoms with van der Waals surface area (Å²) in [6.07, 6.45) is -1.32. The zero-order valence-electron chi connectivity index (χ0n) is 30.4. The highest BCUT2D eigenvalue weighted by atomic mass is 32.2. The Bertz CT molecular complexity index is 1670. The van der Waals surface area contributed by atoms with Crippen molar-refractivity contribution in [2.45, 2.75) is 75.5 Å². The van der Waals surface area contributed by atoms with Crippen LogP contribution in [0.4, 0.5) is 0 Å². The van der Waals surface area contributed by atoms with Crippen molar-refractivity contribution in [2.24, 2.45) is 0 Å². The fraction of sp³-hybridized carbons (Fsp3) is 0.611. The number of hydrogen-bond donors (Lipinski definition) is 3. The predicted octanol–water partition coefficient (Wildman–Crippen LogP) is -0.590. The Morgan fingerprint density at radius 3 is 2.57 bits per heavy atom. The number of ketones is 1. The van der Waals surface area contributed by atoms with Crippen LogP contribution in [0.2, 0.25) is 0 Å². The van der Waals surface area contributed by atoms with Gasteiger partial charge in [-0.2, -0.15) is 0 Å². The number of aliphatic hydroxyl groups is 2. The molecule has 3 N–H and O–H groups in total. The van der Waals surface area contributed by atoms with E-state index in [0.717, 1.165) is 16.5 Å². The topological polar surface area (TPSA) is 212 Å². The third kappa shape index (κ3) is 10.9. The van der Waals surface area contributed by atoms with E-state index in [0.29, 0.717) is 19.4 Å². The molecule has 3 aliphatic heterocycles. The summed E-state index contributed by atoms with van der Waals surface area (Å²) in [5.74, 6) is -1.41. The van der Waals surface area contributed by atoms with E-state index in [1.807, 2.05) is 24.3 Å². The number of aromatic nitrogens is 1. The molecule has 2 unspecified atom stereocenters. The standard InChI is InChI=1S/C36H48N4O13S/c1-22(41)21-54-28-17-30(44)40(35(28)48)8-3-4-24-5-6-26-25(16-24)7-9-38(26)19-31(45)51-15-14-49-12-13-50-20-29(43)37-18-27-33(46)34(47)32-36(53-27)52-11-10-39(32)23(2)42/h5-7,9,16,27-28,32-34,36,46-47H,3-4,8,10-15,17-21H2,1-2H3,(H,37,43)/t27?,28?,32-,33-,34+,36-/m0/s1. The summed E-state index contributed by atoms with van der Waals surface area (Å²) < 4.78 is 29.1. The van der Waals surface area contributed by atoms with E-state index in [-0.39, 0.29) is 95.0 Å². The number of imide groups is 1. The number of thioether (sulfide) groups is 1. The summed E-state index contributed by atoms with van der Waals surface area (Å²) in [4.78, 5) is 75.5. The van der Waals surface area contributed by atoms with Gasteiger partial charge in [0.15, 0.2) is 6.29 Å². The van der Waals surface area contributed by atoms with Crippen LogP contribution in [0.15, 0.2) is 30.5 Å². The number of fused-ring (bicyclic) bond motifs is 2. The minimum absolute atomic E-state index is 0.00999. The molecule has 18 heteroatoms. The largest absolute Gasteiger partial charge is 0.462 e. The Hall–Kier alpha value is -3.91. The summed E-state index contributed by atoms with van der Waals surface area (Å²) in [7, 11) is 0. The van der Waals surface area contributed by atoms with Gasteiger partial charge in [-0.25, -0.2) is 0 Å². The van der Waals surface area contributed by atoms with E-state index in [1.54, 1.807) is 10.8 Å². The molecule has 17 nitrogen and oxygen atoms in total. The number of aliphatic hydroxyl groups excluding tert-OH is 2. The Balaban J connectivity index is 0.913. The van der Waals surface area contributed by atoms with Crippen molar-refractivity contribution in [2.75, 3.05) is 65.0 Å². The minimum atomic E-state index is -1.35. The number of esters is 1. The van der Waals surface area contributed by atoms with Crippen LogP contribution in [0.5, 0.6) is 0 Å². The van der Waals surface area contributed by atoms with E-state index in [4.69, 9.17) is 23.7 Å². The van der Waals surface area contributed by atoms with Crippen molar-refractivity contribution in [3.63, 3.8) is 0 Å². The first kappa shape index (κ1) is 41.3. The molecule has 0 bridgehead atoms. The summed E-state index contributed by atoms with van der Waals surface area (Å²) in [5.41, 5.74) is 1.90. The maximum Gasteiger partial charge on any atom is 0.326 e. The number of carbonyl (C=O) groups is 6. The zero-order valence-corrected chi connectivity index (χ0v) is 31.2. The monoisotopic (exact) mass is 776 g/mol. The van der Waals surface area contributed by atoms with Gasteiger partial charge in [-0.05, 0) is 48.9 Å². The SMILES string of the molecule is CC(=O)CSC1CC(=O)N(CCCc2ccc3c(ccn3CC(=O)OCCOCCOCC(=O)NCC3O[C@@H]4OCCN(C(C)=O)[C@H]4[C@@H](O)[C@H]3O)c2)C1=O. The van der Waals surface area contributed by atoms with Crippen molar-refractivity contribution in [3.05, 3.63) is 36.0 Å². The molecule has 3 fully saturated rings. The Morgan fingerprint density at radius 2 is 1.80 bits per heavy atom. The second-order valence-electron chi connectivity index (χ2n) is 13.3. The smallest absolute Gasteiger partial charge is 0.326 e. The average molecular weight is 777 g/mol. The Kier molecular flexibility index (Phi) is 15.0. The van der Waals surface area contributed by atoms with Crippen molar-refractivity contribution < 1.29 is 62.7 Å². The van der Waals surface area contributed by atoms with E-state index < -0.39 is 47.8 Å². The number of Topliss-reactive ketones (excluding diaryl/α,β-unsaturated/α-hetero) is 1. The number of morpholine rings is 1. The highest BCUT2D eigenvalue weighted by Crippen LogP contribution is 2.29. The highest BCUT2D eigenvalue weighted by Gasteiger charge is 2.50. The lowest BCUT2D eigenvalue weighted by molar-refractivity contribution is -0.296. The van der Waals surface area contributed by atoms with Gasteiger partial charge in [-0.1, -0.05) is 6.07 Å². The first-order valence-electron chi connectivity index (χ1n) is 17.9. The van der Waals surface area contributed by atoms with Crippen LogP contribution in [0, 0.1) is 0 Å². The van der Waals surface area contributed by atoms with Crippen molar-refractivity contribution in [3.8, 4) is 0 Å². The van der Waals surface area contributed by atoms with E-state index in [9.17, 15) is 39.0 Å². The number of aryl methyl sites for hydroxylation is 1. The Labute approximate surface area is 316 Å². The fourth-order valence-corrected chi connectivity index (χ4v) is 7.57. The van der Waals surface area contributed by atoms with Gasteiger partial charge in [-0.3, -0.25) is 33.7 Å². The van der Waals surface area contributed by atoms with Gasteiger partial charge in [0.05, 0.1) is 37.4 Å². The molecule has 5 rings (SSSR count). The van der Waals surface area contributed by atoms with Crippen LogP contribution in [0.3, 0.4) is 0 Å². The summed E-state index contributed by atoms with van der Waals surface area (Å²) in [5, 5.41) is 24.2. The van der Waals surface area contributed by atoms with Gasteiger partial charge in [0.2, 0.25) is 23.6 Å². The predicted molar refractivity (Wildman–Crippen MR) is 192 cm³/mol. The maximum atomic E-state index is 12.6. The normalized spacial score (nSPS) is 24.1. The van der Waals surface area contributed by atoms with Crippen LogP contribution in [0.25, 0.3) is 10.9 Å². The van der Waals surface area contributed by atoms with Crippen molar-refractivity contribution in [1.29, 1.82) is 0 Å². The molecule has 0 saturated carbocycles. The number of likely N-dealkylation sites (tertiary alicyclic amines) is 1. The molecule has 4 amide bonds. The molecule has 0 radical (unpaired) electrons. The van der Waals surface area contributed by atoms with E-state index in [2.05, 4.69) is 5.32 Å². The molecule has 296 valence electrons. The maximum absolute atomic E-state index is 12.6. The molecule has 1 aromatic carbocycles. The lowest BCUT2D eigenvalue weighted by atomic mass is 9.94. The highest BCUT2D eigenvalue weighted by molar-refractivity contribution is 8.01. The molecular formula is C36H48N4O13S. The molecule has 1 aromatic heterocycles. The molecular weight excluding hydrogens is 728 g/mol. The number of rotatable bonds is 19. The number of ether oxygens (including phenoxy) is 5. The van der Waals surface area contributed by atoms with Crippen molar-refractivity contribution >= 4 is 58.0 Å². The zero-order chi connectivity index (χ0) is 38.8. The fourth-order valence-electron chi connectivity index (χ4n) is 6.61. The molecule has 3 saturated heterocycles. The first-order valence-corrected chi connectivity index (χ1v) is 19.0. The second kappa shape index (κ2) is 19.6. The first-order chi connectivity index (χ1) is 25.9. The number of nitrogens with zero attached hydrogens (tertiary/aromatic N) is 3. The number of benzene rings is 1. The Morgan fingerprint density at radius 1 is 1.02 bits per heavy atom. The molecule has 4 heterocycles. The van der Waals surface area contributed by atoms with Crippen molar-refractivity contribution in [1.82, 2.24) is 19.7 Å². The molecule has 54 heavy (non-hydrogen) atoms. The van der Waals surface area contributed by atoms with Gasteiger partial charge in [0.1, 0.15) is 49.9 Å². The lowest BCUT2D eigenvalue weighted by Crippen LogP contribution is -2.68. The van der Waals surface area contributed by atoms with Gasteiger partial charge < -0.3 is 48.7 Å². The van der Waals surface area contributed by atoms with Crippen LogP contribution in [-0.4, -0.2) is 161 Å². The summed E-state index contributed by atoms with van der Waals surface area (Å²) >= 11 is 1.22. The molecule has 0 aliphatic carbocycles. The molecule has 3 aliphatic rings. The molecule has 2 aromatic rings. The number of nitrogens with one attached hydrogen (secondary N) is 1. The minimum Gasteiger partial charge on any atom is -0.462 e. The third-order valence-electron chi connectivity index (χ3n) is 9.32. The number of hydrogen-bond acceptors (Lipinski definition) is 14. The molecule has 0 spiro atoms. The van der Waals surface area contributed by atoms with Gasteiger partial charge >= 0.3 is 5.97 Å². The second-order valence-corrected chi connectivity index (χ2v) is 14.5. The summed E-state index contributed by atoms with van der Waals surface area (Å²) in [6.45, 7) is 3.71. The van der Waals surface area contributed by atoms with Gasteiger partial charge in [0, 0.05) is 44.7 Å². The van der Waals surface area contributed by atoms with Gasteiger partial charge in [-0.15, -0.1) is 11.8 Å². The number of carbonyl (C=O) groups excluding carboxylic acids is 6.